The third-order valence-electron chi connectivity index (χ3n) is 2.96. The van der Waals surface area contributed by atoms with Gasteiger partial charge in [-0.1, -0.05) is 35.4 Å². The largest absolute Gasteiger partial charge is 0.506 e. The molecular formula is C15H15ClO. The van der Waals surface area contributed by atoms with Crippen LogP contribution >= 0.6 is 11.6 Å². The van der Waals surface area contributed by atoms with Crippen LogP contribution in [0.15, 0.2) is 30.3 Å². The highest BCUT2D eigenvalue weighted by Crippen LogP contribution is 2.34. The van der Waals surface area contributed by atoms with E-state index in [1.165, 1.54) is 11.1 Å². The van der Waals surface area contributed by atoms with E-state index in [4.69, 9.17) is 11.6 Å². The Balaban J connectivity index is 2.64. The molecule has 0 amide bonds. The third kappa shape index (κ3) is 2.29. The van der Waals surface area contributed by atoms with Crippen LogP contribution in [0.1, 0.15) is 16.7 Å². The molecule has 0 aliphatic carbocycles. The molecule has 17 heavy (non-hydrogen) atoms. The number of hydrogen-bond acceptors (Lipinski definition) is 1. The van der Waals surface area contributed by atoms with Gasteiger partial charge in [-0.25, -0.2) is 0 Å². The maximum Gasteiger partial charge on any atom is 0.137 e. The van der Waals surface area contributed by atoms with E-state index in [0.29, 0.717) is 5.02 Å². The zero-order chi connectivity index (χ0) is 12.6. The average Bonchev–Trinajstić information content (AvgIpc) is 2.28. The van der Waals surface area contributed by atoms with E-state index >= 15 is 0 Å². The van der Waals surface area contributed by atoms with E-state index in [9.17, 15) is 5.11 Å². The number of phenolic OH excluding ortho intramolecular Hbond substituents is 1. The third-order valence-corrected chi connectivity index (χ3v) is 3.25. The van der Waals surface area contributed by atoms with Gasteiger partial charge >= 0.3 is 0 Å². The summed E-state index contributed by atoms with van der Waals surface area (Å²) >= 11 is 6.01. The minimum absolute atomic E-state index is 0.167. The molecule has 1 nitrogen and oxygen atoms in total. The number of aryl methyl sites for hydroxylation is 3. The Morgan fingerprint density at radius 2 is 1.65 bits per heavy atom. The summed E-state index contributed by atoms with van der Waals surface area (Å²) in [6.07, 6.45) is 0. The molecule has 0 heterocycles. The van der Waals surface area contributed by atoms with E-state index in [-0.39, 0.29) is 5.75 Å². The van der Waals surface area contributed by atoms with Crippen LogP contribution in [0.5, 0.6) is 5.75 Å². The van der Waals surface area contributed by atoms with E-state index in [0.717, 1.165) is 16.7 Å². The maximum atomic E-state index is 9.67. The van der Waals surface area contributed by atoms with E-state index < -0.39 is 0 Å². The number of aromatic hydroxyl groups is 1. The Hall–Kier alpha value is -1.47. The first-order chi connectivity index (χ1) is 7.99. The van der Waals surface area contributed by atoms with Crippen LogP contribution in [-0.4, -0.2) is 5.11 Å². The number of benzene rings is 2. The molecule has 1 N–H and O–H groups in total. The molecule has 0 spiro atoms. The van der Waals surface area contributed by atoms with Crippen LogP contribution in [0.25, 0.3) is 11.1 Å². The van der Waals surface area contributed by atoms with Gasteiger partial charge in [0.05, 0.1) is 5.02 Å². The van der Waals surface area contributed by atoms with Crippen LogP contribution in [0.2, 0.25) is 5.02 Å². The van der Waals surface area contributed by atoms with Crippen molar-refractivity contribution >= 4 is 11.6 Å². The summed E-state index contributed by atoms with van der Waals surface area (Å²) in [5.74, 6) is 0.167. The molecule has 0 aliphatic heterocycles. The summed E-state index contributed by atoms with van der Waals surface area (Å²) < 4.78 is 0. The van der Waals surface area contributed by atoms with Crippen LogP contribution in [0.3, 0.4) is 0 Å². The molecule has 0 bridgehead atoms. The van der Waals surface area contributed by atoms with E-state index in [1.807, 2.05) is 19.1 Å². The predicted octanol–water partition coefficient (Wildman–Crippen LogP) is 4.64. The fourth-order valence-electron chi connectivity index (χ4n) is 1.94. The molecule has 0 atom stereocenters. The number of hydrogen-bond donors (Lipinski definition) is 1. The zero-order valence-corrected chi connectivity index (χ0v) is 11.0. The van der Waals surface area contributed by atoms with Crippen LogP contribution in [-0.2, 0) is 0 Å². The highest BCUT2D eigenvalue weighted by molar-refractivity contribution is 6.32. The lowest BCUT2D eigenvalue weighted by molar-refractivity contribution is 0.471. The normalized spacial score (nSPS) is 10.6. The zero-order valence-electron chi connectivity index (χ0n) is 10.2. The minimum Gasteiger partial charge on any atom is -0.506 e. The number of halogens is 1. The lowest BCUT2D eigenvalue weighted by Crippen LogP contribution is -1.87. The van der Waals surface area contributed by atoms with Crippen LogP contribution < -0.4 is 0 Å². The van der Waals surface area contributed by atoms with Crippen molar-refractivity contribution in [1.29, 1.82) is 0 Å². The predicted molar refractivity (Wildman–Crippen MR) is 72.8 cm³/mol. The van der Waals surface area contributed by atoms with Gasteiger partial charge in [-0.15, -0.1) is 0 Å². The van der Waals surface area contributed by atoms with Gasteiger partial charge in [-0.05, 0) is 55.2 Å². The van der Waals surface area contributed by atoms with Gasteiger partial charge in [0.25, 0.3) is 0 Å². The molecule has 0 aliphatic rings. The molecule has 0 saturated heterocycles. The van der Waals surface area contributed by atoms with Gasteiger partial charge in [-0.3, -0.25) is 0 Å². The summed E-state index contributed by atoms with van der Waals surface area (Å²) in [5.41, 5.74) is 5.43. The molecule has 2 aromatic rings. The Morgan fingerprint density at radius 1 is 0.941 bits per heavy atom. The van der Waals surface area contributed by atoms with Gasteiger partial charge in [0.15, 0.2) is 0 Å². The van der Waals surface area contributed by atoms with Crippen LogP contribution in [0, 0.1) is 20.8 Å². The fraction of sp³-hybridized carbons (Fsp3) is 0.200. The molecule has 0 radical (unpaired) electrons. The molecule has 0 fully saturated rings. The second kappa shape index (κ2) is 4.42. The average molecular weight is 247 g/mol. The Labute approximate surface area is 107 Å². The molecule has 2 heteroatoms. The van der Waals surface area contributed by atoms with Crippen molar-refractivity contribution in [3.8, 4) is 16.9 Å². The molecule has 0 aromatic heterocycles. The lowest BCUT2D eigenvalue weighted by atomic mass is 9.97. The molecule has 0 unspecified atom stereocenters. The summed E-state index contributed by atoms with van der Waals surface area (Å²) in [4.78, 5) is 0. The minimum atomic E-state index is 0.167. The number of phenols is 1. The van der Waals surface area contributed by atoms with Crippen molar-refractivity contribution in [2.24, 2.45) is 0 Å². The van der Waals surface area contributed by atoms with Gasteiger partial charge in [-0.2, -0.15) is 0 Å². The standard InChI is InChI=1S/C15H15ClO/c1-9-4-5-10(2)13(6-9)12-7-11(3)15(17)14(16)8-12/h4-8,17H,1-3H3. The van der Waals surface area contributed by atoms with E-state index in [2.05, 4.69) is 32.0 Å². The smallest absolute Gasteiger partial charge is 0.137 e. The first-order valence-corrected chi connectivity index (χ1v) is 5.93. The van der Waals surface area contributed by atoms with Crippen molar-refractivity contribution in [3.05, 3.63) is 52.0 Å². The molecule has 2 aromatic carbocycles. The van der Waals surface area contributed by atoms with Crippen molar-refractivity contribution in [3.63, 3.8) is 0 Å². The Bertz CT molecular complexity index is 550. The SMILES string of the molecule is Cc1ccc(C)c(-c2cc(C)c(O)c(Cl)c2)c1. The Morgan fingerprint density at radius 3 is 2.29 bits per heavy atom. The second-order valence-electron chi connectivity index (χ2n) is 4.44. The summed E-state index contributed by atoms with van der Waals surface area (Å²) in [6.45, 7) is 6.00. The first kappa shape index (κ1) is 12.0. The van der Waals surface area contributed by atoms with Crippen molar-refractivity contribution in [2.45, 2.75) is 20.8 Å². The molecule has 2 rings (SSSR count). The molecule has 0 saturated carbocycles. The maximum absolute atomic E-state index is 9.67. The quantitative estimate of drug-likeness (QED) is 0.777. The monoisotopic (exact) mass is 246 g/mol. The highest BCUT2D eigenvalue weighted by Gasteiger charge is 2.08. The lowest BCUT2D eigenvalue weighted by Gasteiger charge is -2.10. The van der Waals surface area contributed by atoms with Crippen molar-refractivity contribution < 1.29 is 5.11 Å². The topological polar surface area (TPSA) is 20.2 Å². The summed E-state index contributed by atoms with van der Waals surface area (Å²) in [6, 6.07) is 10.1. The highest BCUT2D eigenvalue weighted by atomic mass is 35.5. The van der Waals surface area contributed by atoms with Gasteiger partial charge in [0.2, 0.25) is 0 Å². The first-order valence-electron chi connectivity index (χ1n) is 5.56. The van der Waals surface area contributed by atoms with Gasteiger partial charge in [0, 0.05) is 0 Å². The summed E-state index contributed by atoms with van der Waals surface area (Å²) in [7, 11) is 0. The second-order valence-corrected chi connectivity index (χ2v) is 4.85. The number of rotatable bonds is 1. The Kier molecular flexibility index (Phi) is 3.12. The van der Waals surface area contributed by atoms with Crippen molar-refractivity contribution in [2.75, 3.05) is 0 Å². The van der Waals surface area contributed by atoms with Gasteiger partial charge in [0.1, 0.15) is 5.75 Å². The van der Waals surface area contributed by atoms with Crippen LogP contribution in [0.4, 0.5) is 0 Å². The summed E-state index contributed by atoms with van der Waals surface area (Å²) in [5, 5.41) is 10.1. The van der Waals surface area contributed by atoms with Gasteiger partial charge < -0.3 is 5.11 Å². The van der Waals surface area contributed by atoms with E-state index in [1.54, 1.807) is 0 Å². The fourth-order valence-corrected chi connectivity index (χ4v) is 2.21. The molecular weight excluding hydrogens is 232 g/mol. The molecule has 88 valence electrons. The van der Waals surface area contributed by atoms with Crippen molar-refractivity contribution in [1.82, 2.24) is 0 Å².